The molecule has 64 valence electrons. The number of carboxylic acid groups (broad SMARTS) is 1. The van der Waals surface area contributed by atoms with Gasteiger partial charge in [-0.1, -0.05) is 0 Å². The van der Waals surface area contributed by atoms with Crippen molar-refractivity contribution in [3.63, 3.8) is 0 Å². The van der Waals surface area contributed by atoms with Crippen LogP contribution in [-0.4, -0.2) is 21.0 Å². The number of rotatable bonds is 3. The Bertz CT molecular complexity index is 286. The number of nitrogens with zero attached hydrogens (tertiary/aromatic N) is 2. The maximum Gasteiger partial charge on any atom is 0.303 e. The van der Waals surface area contributed by atoms with Crippen LogP contribution >= 0.6 is 0 Å². The number of aliphatic carboxylic acids is 1. The first-order chi connectivity index (χ1) is 5.68. The molecular weight excluding hydrogens is 156 g/mol. The predicted octanol–water partition coefficient (Wildman–Crippen LogP) is 0.802. The molecule has 0 radical (unpaired) electrons. The molecule has 0 aliphatic rings. The van der Waals surface area contributed by atoms with Crippen LogP contribution in [0.4, 0.5) is 0 Å². The fourth-order valence-corrected chi connectivity index (χ4v) is 0.871. The monoisotopic (exact) mass is 166 g/mol. The van der Waals surface area contributed by atoms with E-state index in [1.54, 1.807) is 12.4 Å². The standard InChI is InChI=1S/C8H10N2O2/c1-6-4-9-5-7(10-6)2-3-8(11)12/h4-5H,2-3H2,1H3,(H,11,12). The summed E-state index contributed by atoms with van der Waals surface area (Å²) in [6.45, 7) is 1.83. The molecule has 1 rings (SSSR count). The molecule has 4 nitrogen and oxygen atoms in total. The highest BCUT2D eigenvalue weighted by molar-refractivity contribution is 5.66. The van der Waals surface area contributed by atoms with Gasteiger partial charge in [0.1, 0.15) is 0 Å². The topological polar surface area (TPSA) is 63.1 Å². The highest BCUT2D eigenvalue weighted by Crippen LogP contribution is 1.98. The number of aryl methyl sites for hydroxylation is 2. The first-order valence-electron chi connectivity index (χ1n) is 3.68. The lowest BCUT2D eigenvalue weighted by Gasteiger charge is -1.97. The van der Waals surface area contributed by atoms with E-state index in [9.17, 15) is 4.79 Å². The van der Waals surface area contributed by atoms with Crippen LogP contribution in [0.15, 0.2) is 12.4 Å². The van der Waals surface area contributed by atoms with Crippen molar-refractivity contribution in [1.82, 2.24) is 9.97 Å². The number of aromatic nitrogens is 2. The Morgan fingerprint density at radius 2 is 2.33 bits per heavy atom. The Balaban J connectivity index is 2.57. The summed E-state index contributed by atoms with van der Waals surface area (Å²) in [6.07, 6.45) is 3.79. The molecule has 1 heterocycles. The van der Waals surface area contributed by atoms with Crippen LogP contribution in [0, 0.1) is 6.92 Å². The Kier molecular flexibility index (Phi) is 2.74. The summed E-state index contributed by atoms with van der Waals surface area (Å²) >= 11 is 0. The molecule has 4 heteroatoms. The van der Waals surface area contributed by atoms with Crippen molar-refractivity contribution in [3.8, 4) is 0 Å². The minimum atomic E-state index is -0.807. The minimum Gasteiger partial charge on any atom is -0.481 e. The van der Waals surface area contributed by atoms with Gasteiger partial charge in [0.25, 0.3) is 0 Å². The second kappa shape index (κ2) is 3.80. The van der Waals surface area contributed by atoms with Crippen LogP contribution < -0.4 is 0 Å². The van der Waals surface area contributed by atoms with Crippen molar-refractivity contribution in [2.75, 3.05) is 0 Å². The van der Waals surface area contributed by atoms with Gasteiger partial charge in [-0.25, -0.2) is 0 Å². The molecule has 0 aliphatic heterocycles. The number of carbonyl (C=O) groups is 1. The van der Waals surface area contributed by atoms with Gasteiger partial charge in [-0.15, -0.1) is 0 Å². The third-order valence-electron chi connectivity index (χ3n) is 1.40. The zero-order valence-corrected chi connectivity index (χ0v) is 6.82. The molecule has 0 atom stereocenters. The van der Waals surface area contributed by atoms with Gasteiger partial charge in [0.15, 0.2) is 0 Å². The van der Waals surface area contributed by atoms with Crippen LogP contribution in [0.5, 0.6) is 0 Å². The van der Waals surface area contributed by atoms with Crippen molar-refractivity contribution in [2.45, 2.75) is 19.8 Å². The second-order valence-corrected chi connectivity index (χ2v) is 2.55. The van der Waals surface area contributed by atoms with Gasteiger partial charge in [-0.3, -0.25) is 14.8 Å². The fourth-order valence-electron chi connectivity index (χ4n) is 0.871. The summed E-state index contributed by atoms with van der Waals surface area (Å²) in [5.74, 6) is -0.807. The molecule has 0 spiro atoms. The molecule has 0 saturated carbocycles. The van der Waals surface area contributed by atoms with Crippen molar-refractivity contribution < 1.29 is 9.90 Å². The average Bonchev–Trinajstić information content (AvgIpc) is 2.01. The second-order valence-electron chi connectivity index (χ2n) is 2.55. The van der Waals surface area contributed by atoms with Crippen LogP contribution in [-0.2, 0) is 11.2 Å². The third kappa shape index (κ3) is 2.65. The lowest BCUT2D eigenvalue weighted by atomic mass is 10.2. The maximum atomic E-state index is 10.2. The van der Waals surface area contributed by atoms with E-state index in [1.807, 2.05) is 6.92 Å². The molecule has 12 heavy (non-hydrogen) atoms. The van der Waals surface area contributed by atoms with Crippen molar-refractivity contribution in [3.05, 3.63) is 23.8 Å². The normalized spacial score (nSPS) is 9.75. The van der Waals surface area contributed by atoms with E-state index in [-0.39, 0.29) is 6.42 Å². The largest absolute Gasteiger partial charge is 0.481 e. The zero-order valence-electron chi connectivity index (χ0n) is 6.82. The van der Waals surface area contributed by atoms with Crippen molar-refractivity contribution in [2.24, 2.45) is 0 Å². The fraction of sp³-hybridized carbons (Fsp3) is 0.375. The van der Waals surface area contributed by atoms with Gasteiger partial charge < -0.3 is 5.11 Å². The Hall–Kier alpha value is -1.45. The Morgan fingerprint density at radius 1 is 1.58 bits per heavy atom. The van der Waals surface area contributed by atoms with Gasteiger partial charge in [0.05, 0.1) is 17.8 Å². The van der Waals surface area contributed by atoms with E-state index < -0.39 is 5.97 Å². The van der Waals surface area contributed by atoms with Gasteiger partial charge in [-0.05, 0) is 6.92 Å². The van der Waals surface area contributed by atoms with E-state index in [0.29, 0.717) is 6.42 Å². The SMILES string of the molecule is Cc1cncc(CCC(=O)O)n1. The van der Waals surface area contributed by atoms with E-state index in [1.165, 1.54) is 0 Å². The predicted molar refractivity (Wildman–Crippen MR) is 42.7 cm³/mol. The highest BCUT2D eigenvalue weighted by atomic mass is 16.4. The molecule has 0 bridgehead atoms. The third-order valence-corrected chi connectivity index (χ3v) is 1.40. The van der Waals surface area contributed by atoms with Gasteiger partial charge in [0, 0.05) is 18.8 Å². The highest BCUT2D eigenvalue weighted by Gasteiger charge is 2.00. The molecule has 0 saturated heterocycles. The smallest absolute Gasteiger partial charge is 0.303 e. The van der Waals surface area contributed by atoms with Crippen molar-refractivity contribution in [1.29, 1.82) is 0 Å². The summed E-state index contributed by atoms with van der Waals surface area (Å²) in [6, 6.07) is 0. The molecule has 1 aromatic rings. The van der Waals surface area contributed by atoms with E-state index in [0.717, 1.165) is 11.4 Å². The minimum absolute atomic E-state index is 0.109. The van der Waals surface area contributed by atoms with Crippen molar-refractivity contribution >= 4 is 5.97 Å². The molecule has 0 amide bonds. The average molecular weight is 166 g/mol. The lowest BCUT2D eigenvalue weighted by molar-refractivity contribution is -0.136. The number of hydrogen-bond acceptors (Lipinski definition) is 3. The Labute approximate surface area is 70.3 Å². The van der Waals surface area contributed by atoms with Gasteiger partial charge in [0.2, 0.25) is 0 Å². The van der Waals surface area contributed by atoms with Crippen LogP contribution in [0.2, 0.25) is 0 Å². The molecule has 0 aromatic carbocycles. The first-order valence-corrected chi connectivity index (χ1v) is 3.68. The number of carboxylic acids is 1. The van der Waals surface area contributed by atoms with Crippen LogP contribution in [0.3, 0.4) is 0 Å². The van der Waals surface area contributed by atoms with Gasteiger partial charge >= 0.3 is 5.97 Å². The Morgan fingerprint density at radius 3 is 2.92 bits per heavy atom. The quantitative estimate of drug-likeness (QED) is 0.721. The molecule has 1 N–H and O–H groups in total. The van der Waals surface area contributed by atoms with Crippen LogP contribution in [0.25, 0.3) is 0 Å². The molecule has 0 fully saturated rings. The first kappa shape index (κ1) is 8.64. The molecular formula is C8H10N2O2. The number of hydrogen-bond donors (Lipinski definition) is 1. The van der Waals surface area contributed by atoms with E-state index in [4.69, 9.17) is 5.11 Å². The molecule has 0 unspecified atom stereocenters. The lowest BCUT2D eigenvalue weighted by Crippen LogP contribution is -2.00. The van der Waals surface area contributed by atoms with Gasteiger partial charge in [-0.2, -0.15) is 0 Å². The summed E-state index contributed by atoms with van der Waals surface area (Å²) in [5.41, 5.74) is 1.55. The summed E-state index contributed by atoms with van der Waals surface area (Å²) < 4.78 is 0. The molecule has 1 aromatic heterocycles. The summed E-state index contributed by atoms with van der Waals surface area (Å²) in [7, 11) is 0. The zero-order chi connectivity index (χ0) is 8.97. The summed E-state index contributed by atoms with van der Waals surface area (Å²) in [4.78, 5) is 18.2. The van der Waals surface area contributed by atoms with E-state index >= 15 is 0 Å². The molecule has 0 aliphatic carbocycles. The maximum absolute atomic E-state index is 10.2. The van der Waals surface area contributed by atoms with E-state index in [2.05, 4.69) is 9.97 Å². The summed E-state index contributed by atoms with van der Waals surface area (Å²) in [5, 5.41) is 8.40. The van der Waals surface area contributed by atoms with Crippen LogP contribution in [0.1, 0.15) is 17.8 Å².